The zero-order valence-electron chi connectivity index (χ0n) is 10.8. The van der Waals surface area contributed by atoms with Gasteiger partial charge in [0.1, 0.15) is 0 Å². The molecule has 1 aliphatic heterocycles. The first-order valence-electron chi connectivity index (χ1n) is 6.85. The fraction of sp³-hybridized carbons (Fsp3) is 0.923. The molecule has 2 aliphatic rings. The number of thioether (sulfide) groups is 1. The molecule has 0 aromatic rings. The van der Waals surface area contributed by atoms with Gasteiger partial charge in [-0.15, -0.1) is 0 Å². The van der Waals surface area contributed by atoms with E-state index in [1.54, 1.807) is 0 Å². The Labute approximate surface area is 109 Å². The molecule has 98 valence electrons. The molecule has 0 spiro atoms. The lowest BCUT2D eigenvalue weighted by molar-refractivity contribution is -0.133. The summed E-state index contributed by atoms with van der Waals surface area (Å²) in [5.41, 5.74) is 0. The van der Waals surface area contributed by atoms with E-state index in [2.05, 4.69) is 10.2 Å². The first kappa shape index (κ1) is 13.2. The molecule has 3 nitrogen and oxygen atoms in total. The van der Waals surface area contributed by atoms with Crippen LogP contribution >= 0.6 is 11.8 Å². The van der Waals surface area contributed by atoms with Crippen molar-refractivity contribution in [2.24, 2.45) is 5.92 Å². The summed E-state index contributed by atoms with van der Waals surface area (Å²) < 4.78 is 0. The molecule has 4 heteroatoms. The van der Waals surface area contributed by atoms with Crippen LogP contribution in [-0.4, -0.2) is 48.5 Å². The van der Waals surface area contributed by atoms with Crippen LogP contribution in [0, 0.1) is 5.92 Å². The number of hydrogen-bond acceptors (Lipinski definition) is 3. The lowest BCUT2D eigenvalue weighted by atomic mass is 9.89. The fourth-order valence-corrected chi connectivity index (χ4v) is 3.91. The van der Waals surface area contributed by atoms with Gasteiger partial charge in [0.25, 0.3) is 0 Å². The minimum Gasteiger partial charge on any atom is -0.340 e. The Balaban J connectivity index is 1.90. The summed E-state index contributed by atoms with van der Waals surface area (Å²) in [7, 11) is 1.90. The molecular weight excluding hydrogens is 232 g/mol. The molecule has 2 fully saturated rings. The van der Waals surface area contributed by atoms with Gasteiger partial charge in [-0.25, -0.2) is 0 Å². The van der Waals surface area contributed by atoms with Crippen LogP contribution in [0.15, 0.2) is 0 Å². The predicted molar refractivity (Wildman–Crippen MR) is 73.3 cm³/mol. The number of carbonyl (C=O) groups is 1. The monoisotopic (exact) mass is 256 g/mol. The molecular formula is C13H24N2OS. The Bertz CT molecular complexity index is 254. The van der Waals surface area contributed by atoms with Gasteiger partial charge < -0.3 is 10.2 Å². The Morgan fingerprint density at radius 3 is 2.82 bits per heavy atom. The Kier molecular flexibility index (Phi) is 5.16. The Morgan fingerprint density at radius 2 is 2.12 bits per heavy atom. The quantitative estimate of drug-likeness (QED) is 0.834. The van der Waals surface area contributed by atoms with Crippen molar-refractivity contribution in [2.45, 2.75) is 38.1 Å². The van der Waals surface area contributed by atoms with E-state index in [4.69, 9.17) is 0 Å². The Morgan fingerprint density at radius 1 is 1.35 bits per heavy atom. The van der Waals surface area contributed by atoms with Crippen molar-refractivity contribution >= 4 is 17.7 Å². The van der Waals surface area contributed by atoms with Crippen molar-refractivity contribution in [3.05, 3.63) is 0 Å². The van der Waals surface area contributed by atoms with Crippen molar-refractivity contribution in [3.8, 4) is 0 Å². The molecule has 17 heavy (non-hydrogen) atoms. The number of nitrogens with zero attached hydrogens (tertiary/aromatic N) is 1. The van der Waals surface area contributed by atoms with Crippen LogP contribution in [0.1, 0.15) is 32.1 Å². The smallest absolute Gasteiger partial charge is 0.240 e. The van der Waals surface area contributed by atoms with E-state index in [1.807, 2.05) is 18.8 Å². The van der Waals surface area contributed by atoms with E-state index in [0.717, 1.165) is 30.5 Å². The molecule has 1 saturated heterocycles. The summed E-state index contributed by atoms with van der Waals surface area (Å²) in [5, 5.41) is 3.15. The van der Waals surface area contributed by atoms with Gasteiger partial charge in [-0.3, -0.25) is 4.79 Å². The second-order valence-electron chi connectivity index (χ2n) is 5.20. The van der Waals surface area contributed by atoms with E-state index < -0.39 is 0 Å². The second-order valence-corrected chi connectivity index (χ2v) is 6.35. The predicted octanol–water partition coefficient (Wildman–Crippen LogP) is 1.73. The molecule has 0 bridgehead atoms. The molecule has 1 unspecified atom stereocenters. The normalized spacial score (nSPS) is 28.2. The van der Waals surface area contributed by atoms with Crippen LogP contribution in [0.3, 0.4) is 0 Å². The first-order chi connectivity index (χ1) is 8.31. The fourth-order valence-electron chi connectivity index (χ4n) is 2.85. The van der Waals surface area contributed by atoms with Gasteiger partial charge in [-0.05, 0) is 25.8 Å². The standard InChI is InChI=1S/C13H24N2OS/c1-14-12-10-17-8-7-15(13(12)16)9-11-5-3-2-4-6-11/h11-12,14H,2-10H2,1H3. The maximum Gasteiger partial charge on any atom is 0.240 e. The molecule has 1 amide bonds. The maximum atomic E-state index is 12.3. The third kappa shape index (κ3) is 3.62. The van der Waals surface area contributed by atoms with Gasteiger partial charge in [0, 0.05) is 24.6 Å². The SMILES string of the molecule is CNC1CSCCN(CC2CCCCC2)C1=O. The lowest BCUT2D eigenvalue weighted by Crippen LogP contribution is -2.47. The van der Waals surface area contributed by atoms with Gasteiger partial charge in [0.05, 0.1) is 6.04 Å². The Hall–Kier alpha value is -0.220. The zero-order chi connectivity index (χ0) is 12.1. The summed E-state index contributed by atoms with van der Waals surface area (Å²) >= 11 is 1.89. The van der Waals surface area contributed by atoms with Crippen molar-refractivity contribution < 1.29 is 4.79 Å². The van der Waals surface area contributed by atoms with Gasteiger partial charge in [-0.2, -0.15) is 11.8 Å². The highest BCUT2D eigenvalue weighted by atomic mass is 32.2. The molecule has 1 N–H and O–H groups in total. The summed E-state index contributed by atoms with van der Waals surface area (Å²) in [6.07, 6.45) is 6.75. The molecule has 0 aromatic carbocycles. The number of likely N-dealkylation sites (N-methyl/N-ethyl adjacent to an activating group) is 1. The molecule has 1 atom stereocenters. The van der Waals surface area contributed by atoms with Crippen molar-refractivity contribution in [2.75, 3.05) is 31.6 Å². The molecule has 1 aliphatic carbocycles. The van der Waals surface area contributed by atoms with Gasteiger partial charge in [-0.1, -0.05) is 19.3 Å². The average Bonchev–Trinajstić information content (AvgIpc) is 2.54. The number of hydrogen-bond donors (Lipinski definition) is 1. The van der Waals surface area contributed by atoms with E-state index in [9.17, 15) is 4.79 Å². The first-order valence-corrected chi connectivity index (χ1v) is 8.00. The highest BCUT2D eigenvalue weighted by Gasteiger charge is 2.28. The highest BCUT2D eigenvalue weighted by Crippen LogP contribution is 2.25. The van der Waals surface area contributed by atoms with Crippen molar-refractivity contribution in [1.82, 2.24) is 10.2 Å². The van der Waals surface area contributed by atoms with Crippen LogP contribution < -0.4 is 5.32 Å². The average molecular weight is 256 g/mol. The van der Waals surface area contributed by atoms with Gasteiger partial charge in [0.15, 0.2) is 0 Å². The number of carbonyl (C=O) groups excluding carboxylic acids is 1. The van der Waals surface area contributed by atoms with Crippen LogP contribution in [0.2, 0.25) is 0 Å². The summed E-state index contributed by atoms with van der Waals surface area (Å²) in [6, 6.07) is 0.0334. The molecule has 1 heterocycles. The molecule has 0 aromatic heterocycles. The minimum absolute atomic E-state index is 0.0334. The van der Waals surface area contributed by atoms with E-state index in [-0.39, 0.29) is 6.04 Å². The van der Waals surface area contributed by atoms with Crippen molar-refractivity contribution in [1.29, 1.82) is 0 Å². The van der Waals surface area contributed by atoms with Crippen LogP contribution in [0.25, 0.3) is 0 Å². The second kappa shape index (κ2) is 6.64. The largest absolute Gasteiger partial charge is 0.340 e. The van der Waals surface area contributed by atoms with Gasteiger partial charge >= 0.3 is 0 Å². The molecule has 0 radical (unpaired) electrons. The van der Waals surface area contributed by atoms with E-state index >= 15 is 0 Å². The number of amides is 1. The number of nitrogens with one attached hydrogen (secondary N) is 1. The van der Waals surface area contributed by atoms with E-state index in [0.29, 0.717) is 5.91 Å². The minimum atomic E-state index is 0.0334. The molecule has 2 rings (SSSR count). The van der Waals surface area contributed by atoms with E-state index in [1.165, 1.54) is 32.1 Å². The van der Waals surface area contributed by atoms with Crippen molar-refractivity contribution in [3.63, 3.8) is 0 Å². The number of rotatable bonds is 3. The summed E-state index contributed by atoms with van der Waals surface area (Å²) in [4.78, 5) is 14.4. The third-order valence-corrected chi connectivity index (χ3v) is 4.99. The van der Waals surface area contributed by atoms with Gasteiger partial charge in [0.2, 0.25) is 5.91 Å². The summed E-state index contributed by atoms with van der Waals surface area (Å²) in [6.45, 7) is 1.94. The third-order valence-electron chi connectivity index (χ3n) is 3.95. The lowest BCUT2D eigenvalue weighted by Gasteiger charge is -2.30. The molecule has 1 saturated carbocycles. The van der Waals surface area contributed by atoms with Crippen LogP contribution in [0.4, 0.5) is 0 Å². The topological polar surface area (TPSA) is 32.3 Å². The zero-order valence-corrected chi connectivity index (χ0v) is 11.6. The van der Waals surface area contributed by atoms with Crippen LogP contribution in [0.5, 0.6) is 0 Å². The van der Waals surface area contributed by atoms with Crippen LogP contribution in [-0.2, 0) is 4.79 Å². The summed E-state index contributed by atoms with van der Waals surface area (Å²) in [5.74, 6) is 3.10. The maximum absolute atomic E-state index is 12.3. The highest BCUT2D eigenvalue weighted by molar-refractivity contribution is 7.99.